The van der Waals surface area contributed by atoms with Gasteiger partial charge in [-0.2, -0.15) is 5.10 Å². The van der Waals surface area contributed by atoms with E-state index >= 15 is 0 Å². The van der Waals surface area contributed by atoms with Gasteiger partial charge < -0.3 is 10.6 Å². The highest BCUT2D eigenvalue weighted by Gasteiger charge is 2.19. The van der Waals surface area contributed by atoms with Crippen LogP contribution in [-0.2, 0) is 0 Å². The number of nitrogens with one attached hydrogen (secondary N) is 1. The molecule has 24 heavy (non-hydrogen) atoms. The van der Waals surface area contributed by atoms with E-state index in [9.17, 15) is 4.79 Å². The number of hydrogen-bond donors (Lipinski definition) is 2. The van der Waals surface area contributed by atoms with Crippen molar-refractivity contribution in [2.24, 2.45) is 5.10 Å². The molecule has 1 heterocycles. The van der Waals surface area contributed by atoms with Crippen molar-refractivity contribution < 1.29 is 4.79 Å². The lowest BCUT2D eigenvalue weighted by Gasteiger charge is -2.11. The van der Waals surface area contributed by atoms with Gasteiger partial charge in [-0.15, -0.1) is 0 Å². The first kappa shape index (κ1) is 18.3. The summed E-state index contributed by atoms with van der Waals surface area (Å²) < 4.78 is 0. The average molecular weight is 387 g/mol. The third kappa shape index (κ3) is 4.08. The number of nitrogen functional groups attached to an aromatic ring is 1. The Bertz CT molecular complexity index is 791. The number of halogens is 3. The van der Waals surface area contributed by atoms with E-state index in [0.29, 0.717) is 0 Å². The molecule has 0 unspecified atom stereocenters. The molecular weight excluding hydrogens is 373 g/mol. The molecule has 1 aromatic heterocycles. The molecule has 0 saturated heterocycles. The summed E-state index contributed by atoms with van der Waals surface area (Å²) in [5, 5.41) is 3.68. The van der Waals surface area contributed by atoms with E-state index in [1.165, 1.54) is 6.21 Å². The molecule has 3 N–H and O–H groups in total. The molecule has 0 bridgehead atoms. The van der Waals surface area contributed by atoms with Crippen LogP contribution in [0.5, 0.6) is 0 Å². The molecule has 1 amide bonds. The van der Waals surface area contributed by atoms with Crippen LogP contribution in [0.1, 0.15) is 16.1 Å². The van der Waals surface area contributed by atoms with E-state index < -0.39 is 5.91 Å². The average Bonchev–Trinajstić information content (AvgIpc) is 2.56. The third-order valence-electron chi connectivity index (χ3n) is 3.08. The molecule has 6 nitrogen and oxygen atoms in total. The van der Waals surface area contributed by atoms with Gasteiger partial charge in [-0.25, -0.2) is 10.4 Å². The van der Waals surface area contributed by atoms with Crippen LogP contribution in [0.25, 0.3) is 0 Å². The van der Waals surface area contributed by atoms with Crippen LogP contribution in [0.4, 0.5) is 11.4 Å². The second kappa shape index (κ2) is 7.70. The number of hydrogen-bond acceptors (Lipinski definition) is 5. The lowest BCUT2D eigenvalue weighted by molar-refractivity contribution is 0.0950. The van der Waals surface area contributed by atoms with E-state index in [1.54, 1.807) is 0 Å². The standard InChI is InChI=1S/C15H14Cl3N5O/c1-23(2)9-5-3-8(4-6-9)7-20-22-15(24)13-10(16)12(19)11(17)14(18)21-13/h3-7H,1-2H3,(H2,19,21)(H,22,24)/b20-7+. The molecular formula is C15H14Cl3N5O. The molecule has 2 rings (SSSR count). The minimum Gasteiger partial charge on any atom is -0.396 e. The highest BCUT2D eigenvalue weighted by molar-refractivity contribution is 6.46. The predicted octanol–water partition coefficient (Wildman–Crippen LogP) is 3.45. The zero-order valence-electron chi connectivity index (χ0n) is 12.8. The number of pyridine rings is 1. The molecule has 0 fully saturated rings. The van der Waals surface area contributed by atoms with Gasteiger partial charge in [-0.1, -0.05) is 46.9 Å². The number of nitrogens with two attached hydrogens (primary N) is 1. The number of amides is 1. The maximum atomic E-state index is 12.1. The van der Waals surface area contributed by atoms with Crippen LogP contribution in [0.3, 0.4) is 0 Å². The van der Waals surface area contributed by atoms with Crippen molar-refractivity contribution in [3.63, 3.8) is 0 Å². The number of aromatic nitrogens is 1. The van der Waals surface area contributed by atoms with Crippen LogP contribution in [0, 0.1) is 0 Å². The first-order valence-electron chi connectivity index (χ1n) is 6.72. The van der Waals surface area contributed by atoms with Crippen LogP contribution >= 0.6 is 34.8 Å². The normalized spacial score (nSPS) is 10.9. The van der Waals surface area contributed by atoms with E-state index in [-0.39, 0.29) is 26.6 Å². The minimum absolute atomic E-state index is 0.00250. The number of rotatable bonds is 4. The Hall–Kier alpha value is -2.02. The first-order valence-corrected chi connectivity index (χ1v) is 7.85. The Morgan fingerprint density at radius 3 is 2.42 bits per heavy atom. The maximum absolute atomic E-state index is 12.1. The monoisotopic (exact) mass is 385 g/mol. The second-order valence-corrected chi connectivity index (χ2v) is 6.09. The summed E-state index contributed by atoms with van der Waals surface area (Å²) in [6, 6.07) is 7.60. The third-order valence-corrected chi connectivity index (χ3v) is 4.21. The first-order chi connectivity index (χ1) is 11.3. The van der Waals surface area contributed by atoms with Gasteiger partial charge in [-0.3, -0.25) is 4.79 Å². The number of nitrogens with zero attached hydrogens (tertiary/aromatic N) is 3. The Kier molecular flexibility index (Phi) is 5.88. The van der Waals surface area contributed by atoms with E-state index in [0.717, 1.165) is 11.3 Å². The summed E-state index contributed by atoms with van der Waals surface area (Å²) in [6.07, 6.45) is 1.49. The maximum Gasteiger partial charge on any atom is 0.291 e. The van der Waals surface area contributed by atoms with Crippen molar-refractivity contribution in [3.05, 3.63) is 50.7 Å². The van der Waals surface area contributed by atoms with Gasteiger partial charge in [0.2, 0.25) is 0 Å². The number of anilines is 2. The van der Waals surface area contributed by atoms with Gasteiger partial charge in [-0.05, 0) is 17.7 Å². The summed E-state index contributed by atoms with van der Waals surface area (Å²) in [5.74, 6) is -0.647. The number of hydrazone groups is 1. The van der Waals surface area contributed by atoms with Gasteiger partial charge in [0.05, 0.1) is 16.9 Å². The quantitative estimate of drug-likeness (QED) is 0.479. The molecule has 0 aliphatic carbocycles. The van der Waals surface area contributed by atoms with Crippen molar-refractivity contribution in [3.8, 4) is 0 Å². The molecule has 0 aliphatic heterocycles. The van der Waals surface area contributed by atoms with E-state index in [2.05, 4.69) is 15.5 Å². The minimum atomic E-state index is -0.647. The zero-order chi connectivity index (χ0) is 17.9. The lowest BCUT2D eigenvalue weighted by Crippen LogP contribution is -2.20. The second-order valence-electron chi connectivity index (χ2n) is 4.98. The molecule has 0 aliphatic rings. The number of carbonyl (C=O) groups is 1. The topological polar surface area (TPSA) is 83.6 Å². The molecule has 126 valence electrons. The van der Waals surface area contributed by atoms with Crippen LogP contribution in [0.2, 0.25) is 15.2 Å². The van der Waals surface area contributed by atoms with Gasteiger partial charge in [0, 0.05) is 19.8 Å². The molecule has 0 spiro atoms. The fourth-order valence-electron chi connectivity index (χ4n) is 1.76. The fraction of sp³-hybridized carbons (Fsp3) is 0.133. The Morgan fingerprint density at radius 2 is 1.83 bits per heavy atom. The molecule has 9 heteroatoms. The SMILES string of the molecule is CN(C)c1ccc(/C=N/NC(=O)c2nc(Cl)c(Cl)c(N)c2Cl)cc1. The molecule has 0 atom stereocenters. The van der Waals surface area contributed by atoms with Crippen LogP contribution in [-0.4, -0.2) is 31.2 Å². The number of carbonyl (C=O) groups excluding carboxylic acids is 1. The molecule has 1 aromatic carbocycles. The number of benzene rings is 1. The highest BCUT2D eigenvalue weighted by atomic mass is 35.5. The summed E-state index contributed by atoms with van der Waals surface area (Å²) in [4.78, 5) is 17.9. The van der Waals surface area contributed by atoms with Crippen molar-refractivity contribution in [1.29, 1.82) is 0 Å². The van der Waals surface area contributed by atoms with Crippen LogP contribution < -0.4 is 16.1 Å². The molecule has 0 saturated carbocycles. The Labute approximate surface area is 154 Å². The zero-order valence-corrected chi connectivity index (χ0v) is 15.1. The molecule has 0 radical (unpaired) electrons. The lowest BCUT2D eigenvalue weighted by atomic mass is 10.2. The van der Waals surface area contributed by atoms with Gasteiger partial charge in [0.15, 0.2) is 10.8 Å². The Morgan fingerprint density at radius 1 is 1.21 bits per heavy atom. The largest absolute Gasteiger partial charge is 0.396 e. The van der Waals surface area contributed by atoms with Crippen LogP contribution in [0.15, 0.2) is 29.4 Å². The molecule has 2 aromatic rings. The van der Waals surface area contributed by atoms with Gasteiger partial charge in [0.25, 0.3) is 5.91 Å². The smallest absolute Gasteiger partial charge is 0.291 e. The van der Waals surface area contributed by atoms with E-state index in [4.69, 9.17) is 40.5 Å². The van der Waals surface area contributed by atoms with Gasteiger partial charge >= 0.3 is 0 Å². The predicted molar refractivity (Wildman–Crippen MR) is 99.5 cm³/mol. The van der Waals surface area contributed by atoms with Crippen molar-refractivity contribution in [2.45, 2.75) is 0 Å². The highest BCUT2D eigenvalue weighted by Crippen LogP contribution is 2.34. The van der Waals surface area contributed by atoms with Crippen molar-refractivity contribution >= 4 is 58.3 Å². The van der Waals surface area contributed by atoms with Crippen molar-refractivity contribution in [2.75, 3.05) is 24.7 Å². The van der Waals surface area contributed by atoms with Crippen molar-refractivity contribution in [1.82, 2.24) is 10.4 Å². The van der Waals surface area contributed by atoms with Gasteiger partial charge in [0.1, 0.15) is 5.02 Å². The summed E-state index contributed by atoms with van der Waals surface area (Å²) >= 11 is 17.6. The summed E-state index contributed by atoms with van der Waals surface area (Å²) in [7, 11) is 3.89. The Balaban J connectivity index is 2.10. The summed E-state index contributed by atoms with van der Waals surface area (Å²) in [6.45, 7) is 0. The fourth-order valence-corrected chi connectivity index (χ4v) is 2.35. The van der Waals surface area contributed by atoms with E-state index in [1.807, 2.05) is 43.3 Å². The summed E-state index contributed by atoms with van der Waals surface area (Å²) in [5.41, 5.74) is 9.69.